The van der Waals surface area contributed by atoms with Crippen molar-refractivity contribution in [3.63, 3.8) is 0 Å². The van der Waals surface area contributed by atoms with Crippen LogP contribution in [0, 0.1) is 6.57 Å². The van der Waals surface area contributed by atoms with Gasteiger partial charge in [0.05, 0.1) is 5.69 Å². The second-order valence-corrected chi connectivity index (χ2v) is 5.86. The van der Waals surface area contributed by atoms with Gasteiger partial charge >= 0.3 is 0 Å². The van der Waals surface area contributed by atoms with Crippen molar-refractivity contribution in [2.45, 2.75) is 0 Å². The summed E-state index contributed by atoms with van der Waals surface area (Å²) in [5.41, 5.74) is 1.79. The van der Waals surface area contributed by atoms with Crippen LogP contribution < -0.4 is 10.2 Å². The maximum absolute atomic E-state index is 10.3. The van der Waals surface area contributed by atoms with Crippen molar-refractivity contribution in [1.29, 1.82) is 0 Å². The molecule has 0 saturated carbocycles. The molecule has 0 spiro atoms. The molecule has 1 aliphatic heterocycles. The standard InChI is InChI=1S/C18H16N6O/c1-19-17-4-2-12-10-13(16(25)11-15(12)21-17)14-3-5-18(23-22-14)24-8-6-20-7-9-24/h2-5,10-11,20,25H,6-9H2. The lowest BCUT2D eigenvalue weighted by Crippen LogP contribution is -2.43. The van der Waals surface area contributed by atoms with E-state index >= 15 is 0 Å². The predicted molar refractivity (Wildman–Crippen MR) is 95.8 cm³/mol. The average Bonchev–Trinajstić information content (AvgIpc) is 2.68. The minimum atomic E-state index is 0.0753. The first-order valence-electron chi connectivity index (χ1n) is 8.05. The maximum atomic E-state index is 10.3. The molecule has 0 atom stereocenters. The highest BCUT2D eigenvalue weighted by atomic mass is 16.3. The van der Waals surface area contributed by atoms with Gasteiger partial charge in [-0.2, -0.15) is 0 Å². The molecule has 0 radical (unpaired) electrons. The van der Waals surface area contributed by atoms with Gasteiger partial charge in [0.1, 0.15) is 5.75 Å². The Hall–Kier alpha value is -3.24. The molecule has 0 bridgehead atoms. The molecule has 3 heterocycles. The van der Waals surface area contributed by atoms with E-state index in [0.29, 0.717) is 22.6 Å². The Labute approximate surface area is 144 Å². The van der Waals surface area contributed by atoms with E-state index in [1.807, 2.05) is 24.3 Å². The number of rotatable bonds is 2. The molecule has 1 saturated heterocycles. The van der Waals surface area contributed by atoms with Gasteiger partial charge < -0.3 is 20.2 Å². The van der Waals surface area contributed by atoms with E-state index in [2.05, 4.69) is 30.2 Å². The molecule has 7 heteroatoms. The molecule has 4 rings (SSSR count). The smallest absolute Gasteiger partial charge is 0.270 e. The summed E-state index contributed by atoms with van der Waals surface area (Å²) in [6.07, 6.45) is 0. The summed E-state index contributed by atoms with van der Waals surface area (Å²) in [6.45, 7) is 10.7. The molecule has 1 fully saturated rings. The zero-order valence-corrected chi connectivity index (χ0v) is 13.5. The van der Waals surface area contributed by atoms with Gasteiger partial charge in [-0.15, -0.1) is 15.2 Å². The summed E-state index contributed by atoms with van der Waals surface area (Å²) in [6, 6.07) is 10.7. The third-order valence-corrected chi connectivity index (χ3v) is 4.27. The van der Waals surface area contributed by atoms with Crippen LogP contribution in [0.2, 0.25) is 0 Å². The average molecular weight is 332 g/mol. The van der Waals surface area contributed by atoms with Crippen molar-refractivity contribution < 1.29 is 5.11 Å². The van der Waals surface area contributed by atoms with Gasteiger partial charge in [0, 0.05) is 43.2 Å². The van der Waals surface area contributed by atoms with Crippen LogP contribution in [0.1, 0.15) is 0 Å². The zero-order valence-electron chi connectivity index (χ0n) is 13.5. The molecular weight excluding hydrogens is 316 g/mol. The van der Waals surface area contributed by atoms with Crippen molar-refractivity contribution in [1.82, 2.24) is 20.5 Å². The van der Waals surface area contributed by atoms with Crippen molar-refractivity contribution in [3.05, 3.63) is 47.8 Å². The van der Waals surface area contributed by atoms with Gasteiger partial charge in [-0.05, 0) is 24.3 Å². The lowest BCUT2D eigenvalue weighted by Gasteiger charge is -2.27. The van der Waals surface area contributed by atoms with E-state index in [0.717, 1.165) is 37.4 Å². The Bertz CT molecular complexity index is 958. The van der Waals surface area contributed by atoms with E-state index in [4.69, 9.17) is 6.57 Å². The molecule has 124 valence electrons. The molecule has 2 N–H and O–H groups in total. The molecule has 25 heavy (non-hydrogen) atoms. The van der Waals surface area contributed by atoms with Crippen molar-refractivity contribution in [2.24, 2.45) is 0 Å². The molecule has 1 aliphatic rings. The van der Waals surface area contributed by atoms with Gasteiger partial charge in [0.2, 0.25) is 0 Å². The number of fused-ring (bicyclic) bond motifs is 1. The van der Waals surface area contributed by atoms with Crippen LogP contribution in [0.3, 0.4) is 0 Å². The molecule has 2 aromatic heterocycles. The predicted octanol–water partition coefficient (Wildman–Crippen LogP) is 2.36. The van der Waals surface area contributed by atoms with Crippen LogP contribution in [-0.4, -0.2) is 46.5 Å². The number of phenolic OH excluding ortho intramolecular Hbond substituents is 1. The van der Waals surface area contributed by atoms with Crippen LogP contribution in [0.25, 0.3) is 27.0 Å². The second-order valence-electron chi connectivity index (χ2n) is 5.86. The summed E-state index contributed by atoms with van der Waals surface area (Å²) >= 11 is 0. The topological polar surface area (TPSA) is 78.5 Å². The number of hydrogen-bond donors (Lipinski definition) is 2. The van der Waals surface area contributed by atoms with Crippen LogP contribution >= 0.6 is 0 Å². The lowest BCUT2D eigenvalue weighted by atomic mass is 10.1. The minimum absolute atomic E-state index is 0.0753. The number of phenols is 1. The largest absolute Gasteiger partial charge is 0.507 e. The summed E-state index contributed by atoms with van der Waals surface area (Å²) < 4.78 is 0. The number of nitrogens with zero attached hydrogens (tertiary/aromatic N) is 5. The summed E-state index contributed by atoms with van der Waals surface area (Å²) in [5, 5.41) is 23.1. The maximum Gasteiger partial charge on any atom is 0.270 e. The number of pyridine rings is 1. The fourth-order valence-corrected chi connectivity index (χ4v) is 2.95. The highest BCUT2D eigenvalue weighted by molar-refractivity contribution is 5.88. The molecular formula is C18H16N6O. The minimum Gasteiger partial charge on any atom is -0.507 e. The first-order valence-corrected chi connectivity index (χ1v) is 8.05. The molecule has 3 aromatic rings. The highest BCUT2D eigenvalue weighted by Gasteiger charge is 2.14. The third-order valence-electron chi connectivity index (χ3n) is 4.27. The Morgan fingerprint density at radius 1 is 1.08 bits per heavy atom. The number of piperazine rings is 1. The quantitative estimate of drug-likeness (QED) is 0.702. The molecule has 0 amide bonds. The fourth-order valence-electron chi connectivity index (χ4n) is 2.95. The van der Waals surface area contributed by atoms with Crippen LogP contribution in [-0.2, 0) is 0 Å². The summed E-state index contributed by atoms with van der Waals surface area (Å²) in [7, 11) is 0. The van der Waals surface area contributed by atoms with E-state index in [1.165, 1.54) is 0 Å². The van der Waals surface area contributed by atoms with Crippen molar-refractivity contribution in [2.75, 3.05) is 31.1 Å². The number of hydrogen-bond acceptors (Lipinski definition) is 6. The summed E-state index contributed by atoms with van der Waals surface area (Å²) in [4.78, 5) is 9.70. The summed E-state index contributed by atoms with van der Waals surface area (Å²) in [5.74, 6) is 1.22. The Kier molecular flexibility index (Phi) is 3.88. The zero-order chi connectivity index (χ0) is 17.2. The number of nitrogens with one attached hydrogen (secondary N) is 1. The van der Waals surface area contributed by atoms with Gasteiger partial charge in [0.25, 0.3) is 5.82 Å². The Balaban J connectivity index is 1.69. The first kappa shape index (κ1) is 15.3. The van der Waals surface area contributed by atoms with Crippen LogP contribution in [0.4, 0.5) is 11.6 Å². The fraction of sp³-hybridized carbons (Fsp3) is 0.222. The molecule has 0 aliphatic carbocycles. The molecule has 7 nitrogen and oxygen atoms in total. The number of aromatic nitrogens is 3. The van der Waals surface area contributed by atoms with Crippen molar-refractivity contribution >= 4 is 22.5 Å². The van der Waals surface area contributed by atoms with Gasteiger partial charge in [-0.1, -0.05) is 12.6 Å². The second kappa shape index (κ2) is 6.34. The third kappa shape index (κ3) is 2.95. The van der Waals surface area contributed by atoms with E-state index in [9.17, 15) is 5.11 Å². The SMILES string of the molecule is [C-]#[N+]c1ccc2cc(-c3ccc(N4CCNCC4)nn3)c(O)cc2n1. The normalized spacial score (nSPS) is 14.4. The molecule has 1 aromatic carbocycles. The Morgan fingerprint density at radius 2 is 1.92 bits per heavy atom. The highest BCUT2D eigenvalue weighted by Crippen LogP contribution is 2.32. The van der Waals surface area contributed by atoms with Gasteiger partial charge in [-0.25, -0.2) is 0 Å². The molecule has 0 unspecified atom stereocenters. The van der Waals surface area contributed by atoms with E-state index in [-0.39, 0.29) is 5.75 Å². The van der Waals surface area contributed by atoms with Gasteiger partial charge in [-0.3, -0.25) is 0 Å². The monoisotopic (exact) mass is 332 g/mol. The Morgan fingerprint density at radius 3 is 2.64 bits per heavy atom. The van der Waals surface area contributed by atoms with Crippen molar-refractivity contribution in [3.8, 4) is 17.0 Å². The van der Waals surface area contributed by atoms with E-state index < -0.39 is 0 Å². The number of anilines is 1. The number of aromatic hydroxyl groups is 1. The van der Waals surface area contributed by atoms with Crippen LogP contribution in [0.15, 0.2) is 36.4 Å². The van der Waals surface area contributed by atoms with E-state index in [1.54, 1.807) is 12.1 Å². The van der Waals surface area contributed by atoms with Gasteiger partial charge in [0.15, 0.2) is 11.3 Å². The first-order chi connectivity index (χ1) is 12.2. The van der Waals surface area contributed by atoms with Crippen LogP contribution in [0.5, 0.6) is 5.75 Å². The number of benzene rings is 1. The lowest BCUT2D eigenvalue weighted by molar-refractivity contribution is 0.477.